The smallest absolute Gasteiger partial charge is 0.330 e. The van der Waals surface area contributed by atoms with E-state index in [4.69, 9.17) is 4.74 Å². The van der Waals surface area contributed by atoms with E-state index in [-0.39, 0.29) is 11.9 Å². The Morgan fingerprint density at radius 1 is 0.970 bits per heavy atom. The molecule has 2 aliphatic carbocycles. The molecule has 0 aromatic rings. The molecule has 0 heterocycles. The van der Waals surface area contributed by atoms with E-state index in [0.29, 0.717) is 24.3 Å². The third-order valence-electron chi connectivity index (χ3n) is 7.41. The van der Waals surface area contributed by atoms with Crippen LogP contribution in [-0.4, -0.2) is 24.4 Å². The lowest BCUT2D eigenvalue weighted by atomic mass is 9.86. The van der Waals surface area contributed by atoms with Gasteiger partial charge >= 0.3 is 5.97 Å². The van der Waals surface area contributed by atoms with Gasteiger partial charge in [-0.15, -0.1) is 0 Å². The second-order valence-electron chi connectivity index (χ2n) is 10.1. The van der Waals surface area contributed by atoms with Gasteiger partial charge < -0.3 is 10.1 Å². The summed E-state index contributed by atoms with van der Waals surface area (Å²) in [5.74, 6) is 0.839. The normalized spacial score (nSPS) is 23.0. The first-order valence-corrected chi connectivity index (χ1v) is 14.0. The van der Waals surface area contributed by atoms with Gasteiger partial charge in [-0.25, -0.2) is 4.79 Å². The number of rotatable bonds is 16. The summed E-state index contributed by atoms with van der Waals surface area (Å²) in [5.41, 5.74) is 1.05. The van der Waals surface area contributed by atoms with Crippen LogP contribution in [0, 0.1) is 11.8 Å². The Morgan fingerprint density at radius 3 is 2.45 bits per heavy atom. The van der Waals surface area contributed by atoms with Crippen molar-refractivity contribution >= 4 is 11.8 Å². The first-order valence-electron chi connectivity index (χ1n) is 14.0. The molecule has 188 valence electrons. The monoisotopic (exact) mass is 459 g/mol. The van der Waals surface area contributed by atoms with Crippen LogP contribution in [0.15, 0.2) is 23.9 Å². The number of hydrogen-bond donors (Lipinski definition) is 1. The topological polar surface area (TPSA) is 55.4 Å². The highest BCUT2D eigenvalue weighted by molar-refractivity contribution is 5.99. The molecule has 0 unspecified atom stereocenters. The number of nitrogens with one attached hydrogen (secondary N) is 1. The van der Waals surface area contributed by atoms with Gasteiger partial charge in [0.2, 0.25) is 0 Å². The van der Waals surface area contributed by atoms with Crippen LogP contribution in [0.1, 0.15) is 123 Å². The number of ketones is 1. The first-order chi connectivity index (χ1) is 16.2. The fraction of sp³-hybridized carbons (Fsp3) is 0.793. The van der Waals surface area contributed by atoms with E-state index in [2.05, 4.69) is 18.4 Å². The molecule has 0 bridgehead atoms. The summed E-state index contributed by atoms with van der Waals surface area (Å²) < 4.78 is 4.92. The number of unbranched alkanes of at least 4 members (excludes halogenated alkanes) is 7. The van der Waals surface area contributed by atoms with Crippen molar-refractivity contribution in [3.05, 3.63) is 23.9 Å². The predicted octanol–water partition coefficient (Wildman–Crippen LogP) is 7.43. The molecule has 0 spiro atoms. The highest BCUT2D eigenvalue weighted by Crippen LogP contribution is 2.39. The number of allylic oxidation sites excluding steroid dienone is 2. The Morgan fingerprint density at radius 2 is 1.70 bits per heavy atom. The van der Waals surface area contributed by atoms with Gasteiger partial charge in [0.05, 0.1) is 6.61 Å². The molecule has 2 fully saturated rings. The van der Waals surface area contributed by atoms with Gasteiger partial charge in [0, 0.05) is 29.8 Å². The van der Waals surface area contributed by atoms with Crippen molar-refractivity contribution in [3.8, 4) is 0 Å². The lowest BCUT2D eigenvalue weighted by Gasteiger charge is -2.22. The molecular formula is C29H49NO3. The van der Waals surface area contributed by atoms with E-state index in [1.54, 1.807) is 0 Å². The van der Waals surface area contributed by atoms with Crippen LogP contribution in [0.3, 0.4) is 0 Å². The highest BCUT2D eigenvalue weighted by atomic mass is 16.5. The second kappa shape index (κ2) is 16.9. The lowest BCUT2D eigenvalue weighted by Crippen LogP contribution is -2.27. The minimum absolute atomic E-state index is 0.189. The molecule has 1 N–H and O–H groups in total. The van der Waals surface area contributed by atoms with Gasteiger partial charge in [-0.1, -0.05) is 77.2 Å². The number of carbonyl (C=O) groups excluding carboxylic acids is 2. The third-order valence-corrected chi connectivity index (χ3v) is 7.41. The van der Waals surface area contributed by atoms with Crippen LogP contribution in [0.25, 0.3) is 0 Å². The van der Waals surface area contributed by atoms with Crippen molar-refractivity contribution in [2.75, 3.05) is 6.61 Å². The van der Waals surface area contributed by atoms with Gasteiger partial charge in [-0.3, -0.25) is 4.79 Å². The predicted molar refractivity (Wildman–Crippen MR) is 137 cm³/mol. The summed E-state index contributed by atoms with van der Waals surface area (Å²) >= 11 is 0. The largest absolute Gasteiger partial charge is 0.463 e. The van der Waals surface area contributed by atoms with E-state index in [1.165, 1.54) is 83.1 Å². The Balaban J connectivity index is 1.82. The number of carbonyl (C=O) groups is 2. The van der Waals surface area contributed by atoms with E-state index >= 15 is 0 Å². The Kier molecular flexibility index (Phi) is 14.2. The van der Waals surface area contributed by atoms with Crippen molar-refractivity contribution in [1.29, 1.82) is 0 Å². The molecule has 0 saturated heterocycles. The van der Waals surface area contributed by atoms with E-state index in [0.717, 1.165) is 37.7 Å². The van der Waals surface area contributed by atoms with Gasteiger partial charge in [0.25, 0.3) is 0 Å². The summed E-state index contributed by atoms with van der Waals surface area (Å²) in [7, 11) is 0. The number of hydrogen-bond acceptors (Lipinski definition) is 4. The molecule has 0 aromatic carbocycles. The number of esters is 1. The van der Waals surface area contributed by atoms with Crippen LogP contribution >= 0.6 is 0 Å². The fourth-order valence-corrected chi connectivity index (χ4v) is 5.45. The average molecular weight is 460 g/mol. The number of ether oxygens (including phenoxy) is 1. The lowest BCUT2D eigenvalue weighted by molar-refractivity contribution is -0.137. The molecule has 4 nitrogen and oxygen atoms in total. The molecule has 4 heteroatoms. The third kappa shape index (κ3) is 10.9. The highest BCUT2D eigenvalue weighted by Gasteiger charge is 2.37. The van der Waals surface area contributed by atoms with Gasteiger partial charge in [0.15, 0.2) is 5.78 Å². The maximum absolute atomic E-state index is 13.3. The molecule has 33 heavy (non-hydrogen) atoms. The van der Waals surface area contributed by atoms with Crippen molar-refractivity contribution in [2.45, 2.75) is 129 Å². The molecule has 0 aliphatic heterocycles. The molecule has 0 aromatic heterocycles. The van der Waals surface area contributed by atoms with Gasteiger partial charge in [-0.05, 0) is 57.8 Å². The summed E-state index contributed by atoms with van der Waals surface area (Å²) in [6.45, 7) is 4.49. The molecule has 2 saturated carbocycles. The maximum Gasteiger partial charge on any atom is 0.330 e. The molecular weight excluding hydrogens is 410 g/mol. The van der Waals surface area contributed by atoms with Crippen LogP contribution in [0.4, 0.5) is 0 Å². The SMILES string of the molecule is CCCCCCCC[C@H]1CC(=CNC2CCCCC2)C(=O)[C@@H]1CCCCC=CC(=O)OCC. The summed E-state index contributed by atoms with van der Waals surface area (Å²) in [4.78, 5) is 24.7. The zero-order valence-electron chi connectivity index (χ0n) is 21.4. The van der Waals surface area contributed by atoms with E-state index in [9.17, 15) is 9.59 Å². The molecule has 2 atom stereocenters. The molecule has 2 rings (SSSR count). The van der Waals surface area contributed by atoms with Gasteiger partial charge in [-0.2, -0.15) is 0 Å². The zero-order chi connectivity index (χ0) is 23.7. The molecule has 0 radical (unpaired) electrons. The zero-order valence-corrected chi connectivity index (χ0v) is 21.4. The molecule has 2 aliphatic rings. The quantitative estimate of drug-likeness (QED) is 0.148. The van der Waals surface area contributed by atoms with E-state index < -0.39 is 0 Å². The van der Waals surface area contributed by atoms with Crippen LogP contribution in [-0.2, 0) is 14.3 Å². The Hall–Kier alpha value is -1.58. The van der Waals surface area contributed by atoms with Crippen LogP contribution in [0.2, 0.25) is 0 Å². The van der Waals surface area contributed by atoms with Gasteiger partial charge in [0.1, 0.15) is 0 Å². The van der Waals surface area contributed by atoms with Crippen molar-refractivity contribution in [3.63, 3.8) is 0 Å². The van der Waals surface area contributed by atoms with Crippen molar-refractivity contribution in [1.82, 2.24) is 5.32 Å². The maximum atomic E-state index is 13.3. The minimum Gasteiger partial charge on any atom is -0.463 e. The average Bonchev–Trinajstić information content (AvgIpc) is 3.12. The van der Waals surface area contributed by atoms with Crippen LogP contribution in [0.5, 0.6) is 0 Å². The Labute approximate surface area is 203 Å². The summed E-state index contributed by atoms with van der Waals surface area (Å²) in [5, 5.41) is 3.59. The number of Topliss-reactive ketones (excluding diaryl/α,β-unsaturated/α-hetero) is 1. The standard InChI is InChI=1S/C29H49NO3/c1-3-5-6-7-8-12-17-24-22-25(23-30-26-18-13-11-14-19-26)29(32)27(24)20-15-9-10-16-21-28(31)33-4-2/h16,21,23-24,26-27,30H,3-15,17-20,22H2,1-2H3/t24-,27+/m0/s1. The minimum atomic E-state index is -0.261. The van der Waals surface area contributed by atoms with Crippen LogP contribution < -0.4 is 5.32 Å². The fourth-order valence-electron chi connectivity index (χ4n) is 5.45. The van der Waals surface area contributed by atoms with Crippen molar-refractivity contribution < 1.29 is 14.3 Å². The van der Waals surface area contributed by atoms with E-state index in [1.807, 2.05) is 13.0 Å². The summed E-state index contributed by atoms with van der Waals surface area (Å²) in [6, 6.07) is 0.557. The Bertz CT molecular complexity index is 618. The molecule has 0 amide bonds. The second-order valence-corrected chi connectivity index (χ2v) is 10.1. The first kappa shape index (κ1) is 27.7. The summed E-state index contributed by atoms with van der Waals surface area (Å²) in [6.07, 6.45) is 25.9. The van der Waals surface area contributed by atoms with Crippen molar-refractivity contribution in [2.24, 2.45) is 11.8 Å².